The molecule has 2 heteroatoms. The van der Waals surface area contributed by atoms with E-state index < -0.39 is 0 Å². The molecule has 31 heavy (non-hydrogen) atoms. The van der Waals surface area contributed by atoms with Crippen molar-refractivity contribution in [3.63, 3.8) is 0 Å². The zero-order chi connectivity index (χ0) is 20.9. The molecule has 1 aliphatic heterocycles. The molecule has 0 radical (unpaired) electrons. The molecule has 0 N–H and O–H groups in total. The molecule has 5 rings (SSSR count). The van der Waals surface area contributed by atoms with Gasteiger partial charge in [0.25, 0.3) is 0 Å². The minimum atomic E-state index is 0.186. The minimum Gasteiger partial charge on any atom is -0.492 e. The molecule has 1 heterocycles. The Morgan fingerprint density at radius 2 is 1.23 bits per heavy atom. The van der Waals surface area contributed by atoms with Gasteiger partial charge in [0, 0.05) is 17.8 Å². The van der Waals surface area contributed by atoms with E-state index in [-0.39, 0.29) is 5.92 Å². The monoisotopic (exact) mass is 407 g/mol. The van der Waals surface area contributed by atoms with Gasteiger partial charge in [0.1, 0.15) is 12.4 Å². The van der Waals surface area contributed by atoms with Crippen molar-refractivity contribution in [3.8, 4) is 5.75 Å². The lowest BCUT2D eigenvalue weighted by molar-refractivity contribution is 0.239. The number of nitrogens with zero attached hydrogens (tertiary/aromatic N) is 1. The summed E-state index contributed by atoms with van der Waals surface area (Å²) in [7, 11) is 0. The normalized spacial score (nSPS) is 14.4. The number of benzene rings is 4. The molecule has 4 aromatic carbocycles. The molecule has 0 unspecified atom stereocenters. The Labute approximate surface area is 185 Å². The molecule has 0 aromatic heterocycles. The summed E-state index contributed by atoms with van der Waals surface area (Å²) in [6.45, 7) is 4.16. The number of likely N-dealkylation sites (tertiary alicyclic amines) is 1. The van der Waals surface area contributed by atoms with Crippen LogP contribution in [0.25, 0.3) is 10.8 Å². The van der Waals surface area contributed by atoms with Crippen molar-refractivity contribution in [2.75, 3.05) is 26.2 Å². The first kappa shape index (κ1) is 19.8. The van der Waals surface area contributed by atoms with E-state index in [2.05, 4.69) is 102 Å². The quantitative estimate of drug-likeness (QED) is 0.324. The molecule has 1 saturated heterocycles. The maximum atomic E-state index is 6.29. The van der Waals surface area contributed by atoms with Crippen LogP contribution in [0.4, 0.5) is 0 Å². The Morgan fingerprint density at radius 1 is 0.645 bits per heavy atom. The van der Waals surface area contributed by atoms with Crippen LogP contribution in [0.2, 0.25) is 0 Å². The smallest absolute Gasteiger partial charge is 0.127 e. The number of ether oxygens (including phenoxy) is 1. The van der Waals surface area contributed by atoms with Gasteiger partial charge in [-0.15, -0.1) is 0 Å². The Balaban J connectivity index is 1.52. The summed E-state index contributed by atoms with van der Waals surface area (Å²) in [6.07, 6.45) is 2.63. The molecule has 0 spiro atoms. The highest BCUT2D eigenvalue weighted by Gasteiger charge is 2.20. The second-order valence-corrected chi connectivity index (χ2v) is 8.35. The Hall–Kier alpha value is -3.10. The van der Waals surface area contributed by atoms with Crippen LogP contribution in [-0.4, -0.2) is 31.1 Å². The molecule has 0 aliphatic carbocycles. The van der Waals surface area contributed by atoms with Gasteiger partial charge < -0.3 is 4.74 Å². The number of hydrogen-bond donors (Lipinski definition) is 0. The average Bonchev–Trinajstić information content (AvgIpc) is 3.35. The highest BCUT2D eigenvalue weighted by Crippen LogP contribution is 2.38. The van der Waals surface area contributed by atoms with Crippen LogP contribution in [-0.2, 0) is 0 Å². The van der Waals surface area contributed by atoms with Gasteiger partial charge in [0.05, 0.1) is 0 Å². The Kier molecular flexibility index (Phi) is 5.99. The number of rotatable bonds is 7. The van der Waals surface area contributed by atoms with Crippen LogP contribution in [0.5, 0.6) is 5.75 Å². The summed E-state index contributed by atoms with van der Waals surface area (Å²) in [4.78, 5) is 2.50. The molecule has 4 aromatic rings. The molecule has 0 amide bonds. The topological polar surface area (TPSA) is 12.5 Å². The van der Waals surface area contributed by atoms with Gasteiger partial charge in [-0.3, -0.25) is 4.90 Å². The first-order valence-electron chi connectivity index (χ1n) is 11.4. The van der Waals surface area contributed by atoms with Crippen LogP contribution >= 0.6 is 0 Å². The van der Waals surface area contributed by atoms with Crippen molar-refractivity contribution in [1.29, 1.82) is 0 Å². The van der Waals surface area contributed by atoms with Gasteiger partial charge in [0.2, 0.25) is 0 Å². The standard InChI is InChI=1S/C29H29NO/c1-3-11-23(12-4-1)29(24-13-5-2-6-14-24)27-17-18-28(26-16-8-7-15-25(26)27)31-22-21-30-19-9-10-20-30/h1-8,11-18,29H,9-10,19-22H2. The lowest BCUT2D eigenvalue weighted by atomic mass is 9.83. The summed E-state index contributed by atoms with van der Waals surface area (Å²) < 4.78 is 6.29. The fraction of sp³-hybridized carbons (Fsp3) is 0.241. The third kappa shape index (κ3) is 4.35. The molecule has 0 bridgehead atoms. The van der Waals surface area contributed by atoms with Crippen molar-refractivity contribution < 1.29 is 4.74 Å². The van der Waals surface area contributed by atoms with Crippen molar-refractivity contribution in [1.82, 2.24) is 4.90 Å². The summed E-state index contributed by atoms with van der Waals surface area (Å²) in [5.41, 5.74) is 3.93. The zero-order valence-electron chi connectivity index (χ0n) is 17.9. The molecule has 1 aliphatic rings. The first-order chi connectivity index (χ1) is 15.4. The van der Waals surface area contributed by atoms with Gasteiger partial charge in [-0.1, -0.05) is 91.0 Å². The maximum Gasteiger partial charge on any atom is 0.127 e. The van der Waals surface area contributed by atoms with Gasteiger partial charge in [-0.05, 0) is 54.1 Å². The lowest BCUT2D eigenvalue weighted by Gasteiger charge is -2.22. The molecule has 156 valence electrons. The fourth-order valence-electron chi connectivity index (χ4n) is 4.81. The van der Waals surface area contributed by atoms with Gasteiger partial charge in [0.15, 0.2) is 0 Å². The third-order valence-electron chi connectivity index (χ3n) is 6.36. The maximum absolute atomic E-state index is 6.29. The predicted molar refractivity (Wildman–Crippen MR) is 129 cm³/mol. The summed E-state index contributed by atoms with van der Waals surface area (Å²) in [5, 5.41) is 2.46. The molecular weight excluding hydrogens is 378 g/mol. The number of hydrogen-bond acceptors (Lipinski definition) is 2. The Morgan fingerprint density at radius 3 is 1.87 bits per heavy atom. The summed E-state index contributed by atoms with van der Waals surface area (Å²) in [5.74, 6) is 1.17. The largest absolute Gasteiger partial charge is 0.492 e. The first-order valence-corrected chi connectivity index (χ1v) is 11.4. The van der Waals surface area contributed by atoms with Crippen molar-refractivity contribution >= 4 is 10.8 Å². The van der Waals surface area contributed by atoms with E-state index in [1.807, 2.05) is 0 Å². The molecule has 2 nitrogen and oxygen atoms in total. The second kappa shape index (κ2) is 9.36. The van der Waals surface area contributed by atoms with E-state index in [1.54, 1.807) is 0 Å². The van der Waals surface area contributed by atoms with E-state index in [0.29, 0.717) is 0 Å². The molecule has 0 saturated carbocycles. The average molecular weight is 408 g/mol. The summed E-state index contributed by atoms with van der Waals surface area (Å²) in [6, 6.07) is 34.7. The van der Waals surface area contributed by atoms with Crippen molar-refractivity contribution in [2.24, 2.45) is 0 Å². The van der Waals surface area contributed by atoms with E-state index >= 15 is 0 Å². The molecule has 0 atom stereocenters. The van der Waals surface area contributed by atoms with Crippen molar-refractivity contribution in [3.05, 3.63) is 114 Å². The van der Waals surface area contributed by atoms with E-state index in [4.69, 9.17) is 4.74 Å². The third-order valence-corrected chi connectivity index (χ3v) is 6.36. The predicted octanol–water partition coefficient (Wildman–Crippen LogP) is 6.49. The van der Waals surface area contributed by atoms with E-state index in [1.165, 1.54) is 53.4 Å². The minimum absolute atomic E-state index is 0.186. The van der Waals surface area contributed by atoms with E-state index in [0.717, 1.165) is 18.9 Å². The van der Waals surface area contributed by atoms with Crippen LogP contribution in [0, 0.1) is 0 Å². The lowest BCUT2D eigenvalue weighted by Crippen LogP contribution is -2.25. The SMILES string of the molecule is c1ccc(C(c2ccccc2)c2ccc(OCCN3CCCC3)c3ccccc23)cc1. The second-order valence-electron chi connectivity index (χ2n) is 8.35. The highest BCUT2D eigenvalue weighted by molar-refractivity contribution is 5.92. The molecule has 1 fully saturated rings. The fourth-order valence-corrected chi connectivity index (χ4v) is 4.81. The zero-order valence-corrected chi connectivity index (χ0v) is 17.9. The molecular formula is C29H29NO. The van der Waals surface area contributed by atoms with E-state index in [9.17, 15) is 0 Å². The van der Waals surface area contributed by atoms with Gasteiger partial charge >= 0.3 is 0 Å². The van der Waals surface area contributed by atoms with Gasteiger partial charge in [-0.25, -0.2) is 0 Å². The summed E-state index contributed by atoms with van der Waals surface area (Å²) >= 11 is 0. The Bertz CT molecular complexity index is 1080. The van der Waals surface area contributed by atoms with Crippen LogP contribution in [0.1, 0.15) is 35.4 Å². The van der Waals surface area contributed by atoms with Gasteiger partial charge in [-0.2, -0.15) is 0 Å². The van der Waals surface area contributed by atoms with Crippen LogP contribution < -0.4 is 4.74 Å². The van der Waals surface area contributed by atoms with Crippen LogP contribution in [0.15, 0.2) is 97.1 Å². The highest BCUT2D eigenvalue weighted by atomic mass is 16.5. The van der Waals surface area contributed by atoms with Crippen molar-refractivity contribution in [2.45, 2.75) is 18.8 Å². The van der Waals surface area contributed by atoms with Crippen LogP contribution in [0.3, 0.4) is 0 Å². The number of fused-ring (bicyclic) bond motifs is 1.